The summed E-state index contributed by atoms with van der Waals surface area (Å²) >= 11 is 0. The minimum absolute atomic E-state index is 0.661. The highest BCUT2D eigenvalue weighted by molar-refractivity contribution is 5.83. The van der Waals surface area contributed by atoms with Crippen LogP contribution in [0.3, 0.4) is 0 Å². The third-order valence-electron chi connectivity index (χ3n) is 2.24. The molecule has 68 valence electrons. The van der Waals surface area contributed by atoms with Crippen molar-refractivity contribution in [2.24, 2.45) is 5.73 Å². The molecule has 0 atom stereocenters. The molecule has 0 amide bonds. The molecule has 4 N–H and O–H groups in total. The molecule has 2 rings (SSSR count). The number of benzene rings is 1. The van der Waals surface area contributed by atoms with Crippen molar-refractivity contribution in [3.63, 3.8) is 0 Å². The molecule has 0 aliphatic rings. The molecule has 1 aromatic carbocycles. The summed E-state index contributed by atoms with van der Waals surface area (Å²) in [6, 6.07) is 8.08. The van der Waals surface area contributed by atoms with Gasteiger partial charge in [0.05, 0.1) is 5.52 Å². The van der Waals surface area contributed by atoms with Gasteiger partial charge in [-0.25, -0.2) is 0 Å². The van der Waals surface area contributed by atoms with Crippen molar-refractivity contribution < 1.29 is 0 Å². The number of fused-ring (bicyclic) bond motifs is 1. The quantitative estimate of drug-likeness (QED) is 0.665. The summed E-state index contributed by atoms with van der Waals surface area (Å²) < 4.78 is 1.65. The second-order valence-electron chi connectivity index (χ2n) is 3.12. The first-order valence-electron chi connectivity index (χ1n) is 4.37. The predicted octanol–water partition coefficient (Wildman–Crippen LogP) is 0.856. The second-order valence-corrected chi connectivity index (χ2v) is 3.12. The Morgan fingerprint density at radius 3 is 2.77 bits per heavy atom. The third-order valence-corrected chi connectivity index (χ3v) is 2.24. The molecule has 0 bridgehead atoms. The summed E-state index contributed by atoms with van der Waals surface area (Å²) in [6.07, 6.45) is 2.82. The lowest BCUT2D eigenvalue weighted by Gasteiger charge is -1.94. The molecule has 0 aliphatic carbocycles. The number of rotatable bonds is 2. The van der Waals surface area contributed by atoms with E-state index in [1.165, 1.54) is 10.9 Å². The van der Waals surface area contributed by atoms with E-state index in [0.29, 0.717) is 6.54 Å². The van der Waals surface area contributed by atoms with Crippen molar-refractivity contribution in [3.8, 4) is 0 Å². The number of aromatic nitrogens is 1. The normalized spacial score (nSPS) is 10.8. The lowest BCUT2D eigenvalue weighted by atomic mass is 10.1. The Balaban J connectivity index is 2.63. The van der Waals surface area contributed by atoms with Crippen molar-refractivity contribution in [2.45, 2.75) is 6.42 Å². The zero-order valence-electron chi connectivity index (χ0n) is 7.40. The maximum atomic E-state index is 5.78. The lowest BCUT2D eigenvalue weighted by Crippen LogP contribution is -2.05. The van der Waals surface area contributed by atoms with Crippen LogP contribution in [0.4, 0.5) is 0 Å². The van der Waals surface area contributed by atoms with Crippen LogP contribution >= 0.6 is 0 Å². The molecule has 3 nitrogen and oxygen atoms in total. The zero-order chi connectivity index (χ0) is 9.26. The first-order valence-corrected chi connectivity index (χ1v) is 4.37. The van der Waals surface area contributed by atoms with E-state index < -0.39 is 0 Å². The number of para-hydroxylation sites is 1. The van der Waals surface area contributed by atoms with Gasteiger partial charge in [-0.3, -0.25) is 4.68 Å². The highest BCUT2D eigenvalue weighted by Crippen LogP contribution is 2.19. The molecule has 2 aromatic rings. The SMILES string of the molecule is NCCc1cn(N)c2ccccc12. The molecule has 3 heteroatoms. The Labute approximate surface area is 76.9 Å². The van der Waals surface area contributed by atoms with Crippen molar-refractivity contribution >= 4 is 10.9 Å². The zero-order valence-corrected chi connectivity index (χ0v) is 7.40. The largest absolute Gasteiger partial charge is 0.339 e. The van der Waals surface area contributed by atoms with E-state index in [1.807, 2.05) is 24.4 Å². The van der Waals surface area contributed by atoms with Gasteiger partial charge in [-0.15, -0.1) is 0 Å². The molecule has 1 heterocycles. The summed E-state index contributed by atoms with van der Waals surface area (Å²) in [5.41, 5.74) is 7.79. The van der Waals surface area contributed by atoms with Crippen LogP contribution in [0.15, 0.2) is 30.5 Å². The Kier molecular flexibility index (Phi) is 1.94. The molecule has 0 radical (unpaired) electrons. The van der Waals surface area contributed by atoms with Crippen LogP contribution in [0, 0.1) is 0 Å². The van der Waals surface area contributed by atoms with Gasteiger partial charge in [0, 0.05) is 11.6 Å². The second kappa shape index (κ2) is 3.11. The monoisotopic (exact) mass is 175 g/mol. The maximum absolute atomic E-state index is 5.78. The first-order chi connectivity index (χ1) is 6.33. The van der Waals surface area contributed by atoms with Gasteiger partial charge in [-0.05, 0) is 24.6 Å². The summed E-state index contributed by atoms with van der Waals surface area (Å²) in [5.74, 6) is 5.78. The molecule has 0 fully saturated rings. The number of nitrogens with zero attached hydrogens (tertiary/aromatic N) is 1. The summed E-state index contributed by atoms with van der Waals surface area (Å²) in [5, 5.41) is 1.20. The Bertz CT molecular complexity index is 417. The first kappa shape index (κ1) is 8.13. The van der Waals surface area contributed by atoms with Crippen molar-refractivity contribution in [3.05, 3.63) is 36.0 Å². The fraction of sp³-hybridized carbons (Fsp3) is 0.200. The predicted molar refractivity (Wildman–Crippen MR) is 54.8 cm³/mol. The minimum atomic E-state index is 0.661. The number of hydrogen-bond acceptors (Lipinski definition) is 2. The maximum Gasteiger partial charge on any atom is 0.0692 e. The molecule has 0 aliphatic heterocycles. The molecular formula is C10H13N3. The fourth-order valence-corrected chi connectivity index (χ4v) is 1.63. The Morgan fingerprint density at radius 1 is 1.23 bits per heavy atom. The Hall–Kier alpha value is -1.48. The van der Waals surface area contributed by atoms with Gasteiger partial charge < -0.3 is 11.6 Å². The van der Waals surface area contributed by atoms with Gasteiger partial charge in [0.2, 0.25) is 0 Å². The smallest absolute Gasteiger partial charge is 0.0692 e. The Morgan fingerprint density at radius 2 is 2.00 bits per heavy atom. The van der Waals surface area contributed by atoms with Crippen LogP contribution in [0.1, 0.15) is 5.56 Å². The summed E-state index contributed by atoms with van der Waals surface area (Å²) in [4.78, 5) is 0. The fourth-order valence-electron chi connectivity index (χ4n) is 1.63. The van der Waals surface area contributed by atoms with Gasteiger partial charge in [0.1, 0.15) is 0 Å². The van der Waals surface area contributed by atoms with Gasteiger partial charge in [0.15, 0.2) is 0 Å². The van der Waals surface area contributed by atoms with Gasteiger partial charge in [-0.1, -0.05) is 18.2 Å². The van der Waals surface area contributed by atoms with E-state index in [0.717, 1.165) is 11.9 Å². The number of nitrogen functional groups attached to an aromatic ring is 1. The molecule has 0 saturated heterocycles. The van der Waals surface area contributed by atoms with Crippen LogP contribution in [-0.2, 0) is 6.42 Å². The minimum Gasteiger partial charge on any atom is -0.339 e. The average Bonchev–Trinajstić information content (AvgIpc) is 2.46. The van der Waals surface area contributed by atoms with Crippen molar-refractivity contribution in [2.75, 3.05) is 12.4 Å². The van der Waals surface area contributed by atoms with Crippen LogP contribution < -0.4 is 11.6 Å². The van der Waals surface area contributed by atoms with E-state index in [4.69, 9.17) is 11.6 Å². The van der Waals surface area contributed by atoms with E-state index in [1.54, 1.807) is 4.68 Å². The number of hydrogen-bond donors (Lipinski definition) is 2. The molecule has 0 unspecified atom stereocenters. The lowest BCUT2D eigenvalue weighted by molar-refractivity contribution is 0.959. The van der Waals surface area contributed by atoms with E-state index in [2.05, 4.69) is 6.07 Å². The molecular weight excluding hydrogens is 162 g/mol. The van der Waals surface area contributed by atoms with Crippen LogP contribution in [0.5, 0.6) is 0 Å². The number of nitrogens with two attached hydrogens (primary N) is 2. The summed E-state index contributed by atoms with van der Waals surface area (Å²) in [7, 11) is 0. The third kappa shape index (κ3) is 1.27. The van der Waals surface area contributed by atoms with E-state index >= 15 is 0 Å². The highest BCUT2D eigenvalue weighted by Gasteiger charge is 2.04. The van der Waals surface area contributed by atoms with Crippen LogP contribution in [-0.4, -0.2) is 11.2 Å². The molecule has 1 aromatic heterocycles. The molecule has 13 heavy (non-hydrogen) atoms. The van der Waals surface area contributed by atoms with Crippen molar-refractivity contribution in [1.29, 1.82) is 0 Å². The topological polar surface area (TPSA) is 57.0 Å². The standard InChI is InChI=1S/C10H13N3/c11-6-5-8-7-13(12)10-4-2-1-3-9(8)10/h1-4,7H,5-6,11-12H2. The van der Waals surface area contributed by atoms with Crippen molar-refractivity contribution in [1.82, 2.24) is 4.68 Å². The van der Waals surface area contributed by atoms with E-state index in [-0.39, 0.29) is 0 Å². The van der Waals surface area contributed by atoms with Gasteiger partial charge in [-0.2, -0.15) is 0 Å². The van der Waals surface area contributed by atoms with Gasteiger partial charge in [0.25, 0.3) is 0 Å². The van der Waals surface area contributed by atoms with E-state index in [9.17, 15) is 0 Å². The van der Waals surface area contributed by atoms with Crippen LogP contribution in [0.25, 0.3) is 10.9 Å². The summed E-state index contributed by atoms with van der Waals surface area (Å²) in [6.45, 7) is 0.661. The highest BCUT2D eigenvalue weighted by atomic mass is 15.3. The van der Waals surface area contributed by atoms with Gasteiger partial charge >= 0.3 is 0 Å². The molecule has 0 saturated carbocycles. The van der Waals surface area contributed by atoms with Crippen LogP contribution in [0.2, 0.25) is 0 Å². The average molecular weight is 175 g/mol. The molecule has 0 spiro atoms.